The summed E-state index contributed by atoms with van der Waals surface area (Å²) in [5, 5.41) is 6.47. The second-order valence-electron chi connectivity index (χ2n) is 5.69. The van der Waals surface area contributed by atoms with E-state index in [4.69, 9.17) is 0 Å². The molecule has 0 radical (unpaired) electrons. The molecule has 0 saturated carbocycles. The maximum Gasteiger partial charge on any atom is 0.211 e. The number of rotatable bonds is 10. The van der Waals surface area contributed by atoms with Crippen LogP contribution in [0.3, 0.4) is 0 Å². The van der Waals surface area contributed by atoms with Crippen LogP contribution in [0.5, 0.6) is 0 Å². The number of halogens is 1. The topological polar surface area (TPSA) is 73.8 Å². The van der Waals surface area contributed by atoms with Crippen LogP contribution >= 0.6 is 35.7 Å². The number of nitrogens with one attached hydrogen (secondary N) is 2. The van der Waals surface area contributed by atoms with E-state index in [0.717, 1.165) is 25.5 Å². The maximum absolute atomic E-state index is 11.5. The van der Waals surface area contributed by atoms with Gasteiger partial charge in [0.1, 0.15) is 0 Å². The van der Waals surface area contributed by atoms with Gasteiger partial charge in [-0.25, -0.2) is 12.7 Å². The highest BCUT2D eigenvalue weighted by Gasteiger charge is 2.16. The van der Waals surface area contributed by atoms with E-state index in [0.29, 0.717) is 19.6 Å². The van der Waals surface area contributed by atoms with Crippen LogP contribution < -0.4 is 10.6 Å². The predicted molar refractivity (Wildman–Crippen MR) is 114 cm³/mol. The van der Waals surface area contributed by atoms with Gasteiger partial charge in [0.2, 0.25) is 10.0 Å². The molecule has 6 nitrogen and oxygen atoms in total. The summed E-state index contributed by atoms with van der Waals surface area (Å²) in [6.07, 6.45) is 4.08. The van der Waals surface area contributed by atoms with Crippen LogP contribution in [-0.4, -0.2) is 68.7 Å². The molecule has 0 saturated heterocycles. The fourth-order valence-electron chi connectivity index (χ4n) is 1.70. The summed E-state index contributed by atoms with van der Waals surface area (Å²) in [4.78, 5) is 4.58. The van der Waals surface area contributed by atoms with E-state index in [9.17, 15) is 8.42 Å². The molecule has 0 amide bonds. The molecule has 0 aromatic heterocycles. The number of hydrogen-bond donors (Lipinski definition) is 2. The summed E-state index contributed by atoms with van der Waals surface area (Å²) in [6.45, 7) is 11.5. The molecule has 0 heterocycles. The maximum atomic E-state index is 11.5. The highest BCUT2D eigenvalue weighted by atomic mass is 127. The third kappa shape index (κ3) is 12.3. The van der Waals surface area contributed by atoms with Crippen molar-refractivity contribution in [2.45, 2.75) is 38.9 Å². The van der Waals surface area contributed by atoms with Gasteiger partial charge in [-0.2, -0.15) is 11.8 Å². The first-order valence-corrected chi connectivity index (χ1v) is 10.8. The van der Waals surface area contributed by atoms with Crippen LogP contribution in [0.25, 0.3) is 0 Å². The van der Waals surface area contributed by atoms with E-state index < -0.39 is 10.0 Å². The van der Waals surface area contributed by atoms with Crippen molar-refractivity contribution >= 4 is 51.7 Å². The molecule has 0 fully saturated rings. The minimum absolute atomic E-state index is 0. The highest BCUT2D eigenvalue weighted by Crippen LogP contribution is 2.20. The van der Waals surface area contributed by atoms with Crippen molar-refractivity contribution in [1.29, 1.82) is 0 Å². The molecule has 140 valence electrons. The van der Waals surface area contributed by atoms with Gasteiger partial charge in [-0.3, -0.25) is 4.99 Å². The molecule has 0 aliphatic heterocycles. The Hall–Kier alpha value is 0.260. The van der Waals surface area contributed by atoms with Gasteiger partial charge < -0.3 is 10.6 Å². The van der Waals surface area contributed by atoms with Gasteiger partial charge in [-0.1, -0.05) is 6.92 Å². The molecule has 0 bridgehead atoms. The number of hydrogen-bond acceptors (Lipinski definition) is 4. The SMILES string of the molecule is CCNC(=NCC(C)(C)SC)NCCCN(CC)S(C)(=O)=O.I. The number of thioether (sulfide) groups is 1. The second kappa shape index (κ2) is 12.6. The molecule has 0 aromatic carbocycles. The fourth-order valence-corrected chi connectivity index (χ4v) is 2.82. The zero-order chi connectivity index (χ0) is 17.2. The molecule has 0 spiro atoms. The highest BCUT2D eigenvalue weighted by molar-refractivity contribution is 14.0. The Balaban J connectivity index is 0. The lowest BCUT2D eigenvalue weighted by Crippen LogP contribution is -2.40. The van der Waals surface area contributed by atoms with Gasteiger partial charge in [0.25, 0.3) is 0 Å². The first-order valence-electron chi connectivity index (χ1n) is 7.68. The largest absolute Gasteiger partial charge is 0.357 e. The van der Waals surface area contributed by atoms with Crippen molar-refractivity contribution in [1.82, 2.24) is 14.9 Å². The molecular weight excluding hydrogens is 447 g/mol. The Kier molecular flexibility index (Phi) is 14.0. The van der Waals surface area contributed by atoms with Crippen LogP contribution in [0.1, 0.15) is 34.1 Å². The monoisotopic (exact) mass is 480 g/mol. The average Bonchev–Trinajstić information content (AvgIpc) is 2.43. The molecule has 23 heavy (non-hydrogen) atoms. The lowest BCUT2D eigenvalue weighted by molar-refractivity contribution is 0.424. The van der Waals surface area contributed by atoms with E-state index in [1.807, 2.05) is 13.8 Å². The van der Waals surface area contributed by atoms with Gasteiger partial charge in [-0.15, -0.1) is 24.0 Å². The van der Waals surface area contributed by atoms with E-state index in [2.05, 4.69) is 35.7 Å². The standard InChI is InChI=1S/C14H32N4O2S2.HI/c1-7-15-13(17-12-14(3,4)21-5)16-10-9-11-18(8-2)22(6,19)20;/h7-12H2,1-6H3,(H2,15,16,17);1H. The Morgan fingerprint density at radius 1 is 1.26 bits per heavy atom. The van der Waals surface area contributed by atoms with Crippen LogP contribution in [0, 0.1) is 0 Å². The summed E-state index contributed by atoms with van der Waals surface area (Å²) in [7, 11) is -3.10. The molecule has 9 heteroatoms. The summed E-state index contributed by atoms with van der Waals surface area (Å²) < 4.78 is 24.6. The number of sulfonamides is 1. The summed E-state index contributed by atoms with van der Waals surface area (Å²) in [5.74, 6) is 0.784. The van der Waals surface area contributed by atoms with E-state index >= 15 is 0 Å². The molecule has 0 unspecified atom stereocenters. The molecule has 0 aliphatic rings. The smallest absolute Gasteiger partial charge is 0.211 e. The van der Waals surface area contributed by atoms with Crippen molar-refractivity contribution in [3.8, 4) is 0 Å². The summed E-state index contributed by atoms with van der Waals surface area (Å²) in [6, 6.07) is 0. The van der Waals surface area contributed by atoms with E-state index in [1.165, 1.54) is 10.6 Å². The molecule has 2 N–H and O–H groups in total. The van der Waals surface area contributed by atoms with Gasteiger partial charge >= 0.3 is 0 Å². The minimum atomic E-state index is -3.10. The summed E-state index contributed by atoms with van der Waals surface area (Å²) >= 11 is 1.79. The Morgan fingerprint density at radius 2 is 1.87 bits per heavy atom. The zero-order valence-corrected chi connectivity index (χ0v) is 19.1. The normalized spacial score (nSPS) is 12.9. The van der Waals surface area contributed by atoms with Crippen molar-refractivity contribution in [3.63, 3.8) is 0 Å². The Morgan fingerprint density at radius 3 is 2.30 bits per heavy atom. The zero-order valence-electron chi connectivity index (χ0n) is 15.2. The molecular formula is C14H33IN4O2S2. The number of guanidine groups is 1. The van der Waals surface area contributed by atoms with Crippen molar-refractivity contribution < 1.29 is 8.42 Å². The fraction of sp³-hybridized carbons (Fsp3) is 0.929. The number of aliphatic imine (C=N–C) groups is 1. The molecule has 0 rings (SSSR count). The average molecular weight is 480 g/mol. The molecule has 0 aromatic rings. The third-order valence-electron chi connectivity index (χ3n) is 3.21. The van der Waals surface area contributed by atoms with Gasteiger partial charge in [0.05, 0.1) is 12.8 Å². The quantitative estimate of drug-likeness (QED) is 0.217. The minimum Gasteiger partial charge on any atom is -0.357 e. The molecule has 0 aliphatic carbocycles. The Bertz CT molecular complexity index is 442. The van der Waals surface area contributed by atoms with Crippen molar-refractivity contribution in [2.24, 2.45) is 4.99 Å². The lowest BCUT2D eigenvalue weighted by Gasteiger charge is -2.21. The summed E-state index contributed by atoms with van der Waals surface area (Å²) in [5.41, 5.74) is 0. The first kappa shape index (κ1) is 25.5. The molecule has 0 atom stereocenters. The Labute approximate surface area is 163 Å². The second-order valence-corrected chi connectivity index (χ2v) is 9.19. The van der Waals surface area contributed by atoms with E-state index in [-0.39, 0.29) is 28.7 Å². The van der Waals surface area contributed by atoms with E-state index in [1.54, 1.807) is 11.8 Å². The predicted octanol–water partition coefficient (Wildman–Crippen LogP) is 1.97. The van der Waals surface area contributed by atoms with Gasteiger partial charge in [-0.05, 0) is 33.4 Å². The van der Waals surface area contributed by atoms with Gasteiger partial charge in [0, 0.05) is 30.9 Å². The number of nitrogens with zero attached hydrogens (tertiary/aromatic N) is 2. The van der Waals surface area contributed by atoms with Crippen LogP contribution in [0.2, 0.25) is 0 Å². The van der Waals surface area contributed by atoms with Gasteiger partial charge in [0.15, 0.2) is 5.96 Å². The lowest BCUT2D eigenvalue weighted by atomic mass is 10.2. The third-order valence-corrected chi connectivity index (χ3v) is 5.83. The van der Waals surface area contributed by atoms with Crippen molar-refractivity contribution in [2.75, 3.05) is 45.2 Å². The van der Waals surface area contributed by atoms with Crippen molar-refractivity contribution in [3.05, 3.63) is 0 Å². The van der Waals surface area contributed by atoms with Crippen LogP contribution in [0.4, 0.5) is 0 Å². The van der Waals surface area contributed by atoms with Crippen LogP contribution in [0.15, 0.2) is 4.99 Å². The van der Waals surface area contributed by atoms with Crippen LogP contribution in [-0.2, 0) is 10.0 Å². The first-order chi connectivity index (χ1) is 10.2.